The first-order chi connectivity index (χ1) is 8.54. The fourth-order valence-corrected chi connectivity index (χ4v) is 2.10. The average molecular weight is 251 g/mol. The third kappa shape index (κ3) is 2.90. The van der Waals surface area contributed by atoms with Crippen LogP contribution in [0.2, 0.25) is 0 Å². The Hall–Kier alpha value is -1.36. The number of hydrogen-bond donors (Lipinski definition) is 2. The Labute approximate surface area is 107 Å². The van der Waals surface area contributed by atoms with Gasteiger partial charge in [-0.3, -0.25) is 5.10 Å². The molecular formula is C13H21N3O2. The Morgan fingerprint density at radius 2 is 2.33 bits per heavy atom. The van der Waals surface area contributed by atoms with E-state index in [1.54, 1.807) is 13.1 Å². The van der Waals surface area contributed by atoms with Crippen molar-refractivity contribution in [1.29, 1.82) is 0 Å². The molecule has 1 heterocycles. The van der Waals surface area contributed by atoms with Crippen LogP contribution in [0.3, 0.4) is 0 Å². The minimum Gasteiger partial charge on any atom is -0.461 e. The van der Waals surface area contributed by atoms with E-state index >= 15 is 0 Å². The molecule has 2 N–H and O–H groups in total. The zero-order valence-corrected chi connectivity index (χ0v) is 11.2. The second kappa shape index (κ2) is 5.10. The average Bonchev–Trinajstić information content (AvgIpc) is 3.07. The van der Waals surface area contributed by atoms with Gasteiger partial charge in [-0.1, -0.05) is 0 Å². The van der Waals surface area contributed by atoms with E-state index in [4.69, 9.17) is 4.74 Å². The van der Waals surface area contributed by atoms with Gasteiger partial charge in [-0.2, -0.15) is 5.10 Å². The highest BCUT2D eigenvalue weighted by Gasteiger charge is 2.37. The van der Waals surface area contributed by atoms with E-state index in [0.29, 0.717) is 18.8 Å². The molecule has 0 aliphatic heterocycles. The Bertz CT molecular complexity index is 422. The molecule has 18 heavy (non-hydrogen) atoms. The van der Waals surface area contributed by atoms with Gasteiger partial charge >= 0.3 is 5.97 Å². The lowest BCUT2D eigenvalue weighted by molar-refractivity contribution is 0.0517. The highest BCUT2D eigenvalue weighted by atomic mass is 16.5. The first kappa shape index (κ1) is 13.1. The van der Waals surface area contributed by atoms with Crippen molar-refractivity contribution in [3.05, 3.63) is 17.5 Å². The van der Waals surface area contributed by atoms with Gasteiger partial charge in [0.2, 0.25) is 0 Å². The second-order valence-corrected chi connectivity index (χ2v) is 5.34. The molecule has 0 aromatic carbocycles. The van der Waals surface area contributed by atoms with E-state index in [2.05, 4.69) is 29.4 Å². The van der Waals surface area contributed by atoms with Gasteiger partial charge in [-0.15, -0.1) is 0 Å². The fraction of sp³-hybridized carbons (Fsp3) is 0.692. The van der Waals surface area contributed by atoms with Crippen LogP contribution in [0.5, 0.6) is 0 Å². The lowest BCUT2D eigenvalue weighted by Gasteiger charge is -2.26. The summed E-state index contributed by atoms with van der Waals surface area (Å²) in [5, 5.41) is 10.1. The summed E-state index contributed by atoms with van der Waals surface area (Å²) < 4.78 is 4.98. The number of aromatic amines is 1. The first-order valence-electron chi connectivity index (χ1n) is 6.49. The number of rotatable bonds is 6. The summed E-state index contributed by atoms with van der Waals surface area (Å²) >= 11 is 0. The molecule has 100 valence electrons. The molecule has 0 spiro atoms. The SMILES string of the molecule is CCOC(=O)c1[nH]ncc1CNC(C)(C)C1CC1. The summed E-state index contributed by atoms with van der Waals surface area (Å²) in [5.41, 5.74) is 1.43. The van der Waals surface area contributed by atoms with Crippen LogP contribution in [0, 0.1) is 5.92 Å². The van der Waals surface area contributed by atoms with E-state index in [1.807, 2.05) is 0 Å². The normalized spacial score (nSPS) is 15.7. The van der Waals surface area contributed by atoms with Crippen molar-refractivity contribution < 1.29 is 9.53 Å². The van der Waals surface area contributed by atoms with Crippen LogP contribution in [0.25, 0.3) is 0 Å². The van der Waals surface area contributed by atoms with Gasteiger partial charge in [0.15, 0.2) is 0 Å². The summed E-state index contributed by atoms with van der Waals surface area (Å²) in [5.74, 6) is 0.409. The summed E-state index contributed by atoms with van der Waals surface area (Å²) in [4.78, 5) is 11.7. The fourth-order valence-electron chi connectivity index (χ4n) is 2.10. The van der Waals surface area contributed by atoms with Gasteiger partial charge in [0.1, 0.15) is 5.69 Å². The Kier molecular flexibility index (Phi) is 3.71. The lowest BCUT2D eigenvalue weighted by atomic mass is 9.98. The number of carbonyl (C=O) groups is 1. The van der Waals surface area contributed by atoms with Gasteiger partial charge in [0.05, 0.1) is 12.8 Å². The van der Waals surface area contributed by atoms with Gasteiger partial charge in [-0.05, 0) is 39.5 Å². The first-order valence-corrected chi connectivity index (χ1v) is 6.49. The van der Waals surface area contributed by atoms with E-state index < -0.39 is 0 Å². The largest absolute Gasteiger partial charge is 0.461 e. The van der Waals surface area contributed by atoms with Gasteiger partial charge in [-0.25, -0.2) is 4.79 Å². The predicted octanol–water partition coefficient (Wildman–Crippen LogP) is 1.86. The Balaban J connectivity index is 1.97. The Morgan fingerprint density at radius 1 is 1.61 bits per heavy atom. The molecule has 0 atom stereocenters. The zero-order valence-electron chi connectivity index (χ0n) is 11.2. The van der Waals surface area contributed by atoms with Crippen molar-refractivity contribution in [3.8, 4) is 0 Å². The van der Waals surface area contributed by atoms with Gasteiger partial charge < -0.3 is 10.1 Å². The number of nitrogens with zero attached hydrogens (tertiary/aromatic N) is 1. The molecule has 2 rings (SSSR count). The van der Waals surface area contributed by atoms with Crippen LogP contribution in [0.1, 0.15) is 49.7 Å². The van der Waals surface area contributed by atoms with Crippen LogP contribution in [-0.4, -0.2) is 28.3 Å². The quantitative estimate of drug-likeness (QED) is 0.757. The number of nitrogens with one attached hydrogen (secondary N) is 2. The summed E-state index contributed by atoms with van der Waals surface area (Å²) in [6.45, 7) is 7.21. The van der Waals surface area contributed by atoms with Crippen molar-refractivity contribution in [2.45, 2.75) is 45.7 Å². The van der Waals surface area contributed by atoms with Crippen LogP contribution in [-0.2, 0) is 11.3 Å². The maximum absolute atomic E-state index is 11.7. The minimum absolute atomic E-state index is 0.114. The number of aromatic nitrogens is 2. The number of hydrogen-bond acceptors (Lipinski definition) is 4. The molecule has 1 aromatic heterocycles. The number of esters is 1. The molecule has 1 aliphatic rings. The second-order valence-electron chi connectivity index (χ2n) is 5.34. The molecule has 1 aromatic rings. The molecule has 5 heteroatoms. The molecule has 1 saturated carbocycles. The van der Waals surface area contributed by atoms with E-state index in [-0.39, 0.29) is 11.5 Å². The van der Waals surface area contributed by atoms with E-state index in [1.165, 1.54) is 12.8 Å². The summed E-state index contributed by atoms with van der Waals surface area (Å²) in [6.07, 6.45) is 4.26. The van der Waals surface area contributed by atoms with Gasteiger partial charge in [0, 0.05) is 17.6 Å². The molecule has 0 unspecified atom stereocenters. The molecule has 0 amide bonds. The third-order valence-electron chi connectivity index (χ3n) is 3.53. The number of carbonyl (C=O) groups excluding carboxylic acids is 1. The highest BCUT2D eigenvalue weighted by Crippen LogP contribution is 2.39. The lowest BCUT2D eigenvalue weighted by Crippen LogP contribution is -2.41. The van der Waals surface area contributed by atoms with Crippen molar-refractivity contribution in [1.82, 2.24) is 15.5 Å². The number of ether oxygens (including phenoxy) is 1. The van der Waals surface area contributed by atoms with Gasteiger partial charge in [0.25, 0.3) is 0 Å². The monoisotopic (exact) mass is 251 g/mol. The standard InChI is InChI=1S/C13H21N3O2/c1-4-18-12(17)11-9(8-15-16-11)7-14-13(2,3)10-5-6-10/h8,10,14H,4-7H2,1-3H3,(H,15,16). The highest BCUT2D eigenvalue weighted by molar-refractivity contribution is 5.88. The molecule has 0 saturated heterocycles. The maximum atomic E-state index is 11.7. The molecule has 1 fully saturated rings. The van der Waals surface area contributed by atoms with Crippen LogP contribution >= 0.6 is 0 Å². The van der Waals surface area contributed by atoms with Crippen LogP contribution in [0.15, 0.2) is 6.20 Å². The van der Waals surface area contributed by atoms with E-state index in [0.717, 1.165) is 11.5 Å². The Morgan fingerprint density at radius 3 is 2.94 bits per heavy atom. The van der Waals surface area contributed by atoms with Crippen molar-refractivity contribution in [2.24, 2.45) is 5.92 Å². The predicted molar refractivity (Wildman–Crippen MR) is 68.2 cm³/mol. The van der Waals surface area contributed by atoms with Crippen molar-refractivity contribution in [2.75, 3.05) is 6.61 Å². The maximum Gasteiger partial charge on any atom is 0.356 e. The van der Waals surface area contributed by atoms with Crippen LogP contribution in [0.4, 0.5) is 0 Å². The third-order valence-corrected chi connectivity index (χ3v) is 3.53. The molecule has 1 aliphatic carbocycles. The minimum atomic E-state index is -0.337. The summed E-state index contributed by atoms with van der Waals surface area (Å²) in [6, 6.07) is 0. The summed E-state index contributed by atoms with van der Waals surface area (Å²) in [7, 11) is 0. The van der Waals surface area contributed by atoms with Crippen LogP contribution < -0.4 is 5.32 Å². The molecule has 5 nitrogen and oxygen atoms in total. The molecule has 0 bridgehead atoms. The van der Waals surface area contributed by atoms with E-state index in [9.17, 15) is 4.79 Å². The zero-order chi connectivity index (χ0) is 13.2. The number of H-pyrrole nitrogens is 1. The topological polar surface area (TPSA) is 67.0 Å². The van der Waals surface area contributed by atoms with Crippen molar-refractivity contribution in [3.63, 3.8) is 0 Å². The smallest absolute Gasteiger partial charge is 0.356 e. The molecular weight excluding hydrogens is 230 g/mol. The van der Waals surface area contributed by atoms with Crippen molar-refractivity contribution >= 4 is 5.97 Å². The molecule has 0 radical (unpaired) electrons.